The Bertz CT molecular complexity index is 1040. The van der Waals surface area contributed by atoms with E-state index in [1.807, 2.05) is 0 Å². The molecule has 1 heterocycles. The molecule has 0 aliphatic carbocycles. The summed E-state index contributed by atoms with van der Waals surface area (Å²) in [5.74, 6) is -0.764. The number of halogens is 2. The number of alkyl halides is 2. The Labute approximate surface area is 172 Å². The van der Waals surface area contributed by atoms with Crippen LogP contribution in [-0.2, 0) is 14.8 Å². The van der Waals surface area contributed by atoms with E-state index in [9.17, 15) is 22.0 Å². The summed E-state index contributed by atoms with van der Waals surface area (Å²) in [6.07, 6.45) is -3.73. The Hall–Kier alpha value is -2.92. The number of benzene rings is 2. The van der Waals surface area contributed by atoms with Crippen molar-refractivity contribution in [1.82, 2.24) is 4.31 Å². The summed E-state index contributed by atoms with van der Waals surface area (Å²) in [6, 6.07) is 10.0. The lowest BCUT2D eigenvalue weighted by molar-refractivity contribution is -0.286. The molecule has 162 valence electrons. The highest BCUT2D eigenvalue weighted by Gasteiger charge is 2.43. The molecule has 0 bridgehead atoms. The highest BCUT2D eigenvalue weighted by atomic mass is 32.2. The van der Waals surface area contributed by atoms with Gasteiger partial charge in [-0.25, -0.2) is 8.42 Å². The van der Waals surface area contributed by atoms with Crippen LogP contribution in [0.25, 0.3) is 0 Å². The molecule has 0 aromatic heterocycles. The highest BCUT2D eigenvalue weighted by Crippen LogP contribution is 2.42. The van der Waals surface area contributed by atoms with Crippen molar-refractivity contribution >= 4 is 27.3 Å². The number of anilines is 2. The smallest absolute Gasteiger partial charge is 0.395 e. The first-order valence-electron chi connectivity index (χ1n) is 9.18. The molecular weight excluding hydrogens is 420 g/mol. The number of carbonyl (C=O) groups is 1. The van der Waals surface area contributed by atoms with Gasteiger partial charge in [-0.1, -0.05) is 19.9 Å². The molecule has 0 fully saturated rings. The Morgan fingerprint density at radius 2 is 1.73 bits per heavy atom. The van der Waals surface area contributed by atoms with Crippen molar-refractivity contribution in [2.24, 2.45) is 0 Å². The van der Waals surface area contributed by atoms with Gasteiger partial charge in [-0.05, 0) is 30.3 Å². The molecule has 0 unspecified atom stereocenters. The van der Waals surface area contributed by atoms with Gasteiger partial charge in [0.05, 0.1) is 11.4 Å². The van der Waals surface area contributed by atoms with Crippen LogP contribution in [-0.4, -0.2) is 44.6 Å². The average molecular weight is 441 g/mol. The summed E-state index contributed by atoms with van der Waals surface area (Å²) >= 11 is 0. The van der Waals surface area contributed by atoms with Crippen LogP contribution in [0, 0.1) is 0 Å². The van der Waals surface area contributed by atoms with Crippen LogP contribution in [0.2, 0.25) is 0 Å². The van der Waals surface area contributed by atoms with E-state index in [4.69, 9.17) is 0 Å². The normalized spacial score (nSPS) is 14.6. The first-order chi connectivity index (χ1) is 14.1. The molecule has 30 heavy (non-hydrogen) atoms. The molecular formula is C19H21F2N3O5S. The lowest BCUT2D eigenvalue weighted by Gasteiger charge is -2.19. The van der Waals surface area contributed by atoms with Gasteiger partial charge in [-0.3, -0.25) is 4.79 Å². The number of carbonyl (C=O) groups excluding carboxylic acids is 1. The minimum atomic E-state index is -3.73. The second-order valence-corrected chi connectivity index (χ2v) is 8.29. The highest BCUT2D eigenvalue weighted by molar-refractivity contribution is 7.89. The van der Waals surface area contributed by atoms with E-state index in [1.54, 1.807) is 26.0 Å². The van der Waals surface area contributed by atoms with E-state index < -0.39 is 22.2 Å². The monoisotopic (exact) mass is 441 g/mol. The number of nitrogens with one attached hydrogen (secondary N) is 2. The molecule has 0 saturated carbocycles. The first kappa shape index (κ1) is 21.8. The standard InChI is InChI=1S/C19H21F2N3O5S/c1-3-24(4-2)30(26,27)15-7-5-6-13(10-15)22-12-18(25)23-14-8-9-16-17(11-14)29-19(20,21)28-16/h5-11,22H,3-4,12H2,1-2H3,(H,23,25). The molecule has 2 aromatic rings. The van der Waals surface area contributed by atoms with Gasteiger partial charge >= 0.3 is 6.29 Å². The predicted molar refractivity (Wildman–Crippen MR) is 106 cm³/mol. The maximum atomic E-state index is 13.1. The summed E-state index contributed by atoms with van der Waals surface area (Å²) < 4.78 is 61.3. The van der Waals surface area contributed by atoms with Crippen molar-refractivity contribution < 1.29 is 31.5 Å². The number of sulfonamides is 1. The molecule has 2 aromatic carbocycles. The van der Waals surface area contributed by atoms with E-state index >= 15 is 0 Å². The van der Waals surface area contributed by atoms with Gasteiger partial charge in [0, 0.05) is 30.5 Å². The van der Waals surface area contributed by atoms with Gasteiger partial charge in [0.1, 0.15) is 0 Å². The first-order valence-corrected chi connectivity index (χ1v) is 10.6. The lowest BCUT2D eigenvalue weighted by atomic mass is 10.2. The fraction of sp³-hybridized carbons (Fsp3) is 0.316. The summed E-state index contributed by atoms with van der Waals surface area (Å²) in [5, 5.41) is 5.39. The molecule has 3 rings (SSSR count). The molecule has 1 aliphatic rings. The molecule has 0 saturated heterocycles. The fourth-order valence-electron chi connectivity index (χ4n) is 2.89. The molecule has 0 spiro atoms. The number of hydrogen-bond acceptors (Lipinski definition) is 6. The fourth-order valence-corrected chi connectivity index (χ4v) is 4.40. The van der Waals surface area contributed by atoms with Gasteiger partial charge in [0.2, 0.25) is 15.9 Å². The minimum Gasteiger partial charge on any atom is -0.395 e. The predicted octanol–water partition coefficient (Wildman–Crippen LogP) is 3.09. The summed E-state index contributed by atoms with van der Waals surface area (Å²) in [5.41, 5.74) is 0.698. The zero-order chi connectivity index (χ0) is 21.9. The molecule has 0 radical (unpaired) electrons. The van der Waals surface area contributed by atoms with Crippen molar-refractivity contribution in [3.8, 4) is 11.5 Å². The van der Waals surface area contributed by atoms with Gasteiger partial charge in [-0.15, -0.1) is 8.78 Å². The molecule has 2 N–H and O–H groups in total. The van der Waals surface area contributed by atoms with E-state index in [-0.39, 0.29) is 28.6 Å². The van der Waals surface area contributed by atoms with Crippen molar-refractivity contribution in [1.29, 1.82) is 0 Å². The summed E-state index contributed by atoms with van der Waals surface area (Å²) in [6.45, 7) is 4.04. The third kappa shape index (κ3) is 4.79. The van der Waals surface area contributed by atoms with Crippen LogP contribution >= 0.6 is 0 Å². The van der Waals surface area contributed by atoms with Crippen LogP contribution in [0.15, 0.2) is 47.4 Å². The molecule has 11 heteroatoms. The van der Waals surface area contributed by atoms with Gasteiger partial charge < -0.3 is 20.1 Å². The second-order valence-electron chi connectivity index (χ2n) is 6.35. The van der Waals surface area contributed by atoms with Crippen molar-refractivity contribution in [3.63, 3.8) is 0 Å². The SMILES string of the molecule is CCN(CC)S(=O)(=O)c1cccc(NCC(=O)Nc2ccc3c(c2)OC(F)(F)O3)c1. The van der Waals surface area contributed by atoms with Crippen molar-refractivity contribution in [2.45, 2.75) is 25.0 Å². The minimum absolute atomic E-state index is 0.119. The number of hydrogen-bond donors (Lipinski definition) is 2. The second kappa shape index (κ2) is 8.44. The van der Waals surface area contributed by atoms with E-state index in [1.165, 1.54) is 34.6 Å². The van der Waals surface area contributed by atoms with Crippen LogP contribution in [0.5, 0.6) is 11.5 Å². The lowest BCUT2D eigenvalue weighted by Crippen LogP contribution is -2.30. The van der Waals surface area contributed by atoms with Gasteiger partial charge in [0.15, 0.2) is 11.5 Å². The van der Waals surface area contributed by atoms with Crippen LogP contribution < -0.4 is 20.1 Å². The van der Waals surface area contributed by atoms with Gasteiger partial charge in [-0.2, -0.15) is 4.31 Å². The number of nitrogens with zero attached hydrogens (tertiary/aromatic N) is 1. The van der Waals surface area contributed by atoms with E-state index in [2.05, 4.69) is 20.1 Å². The number of ether oxygens (including phenoxy) is 2. The Morgan fingerprint density at radius 3 is 2.43 bits per heavy atom. The van der Waals surface area contributed by atoms with Crippen molar-refractivity contribution in [2.75, 3.05) is 30.3 Å². The Kier molecular flexibility index (Phi) is 6.13. The van der Waals surface area contributed by atoms with Gasteiger partial charge in [0.25, 0.3) is 0 Å². The average Bonchev–Trinajstić information content (AvgIpc) is 3.00. The zero-order valence-electron chi connectivity index (χ0n) is 16.3. The summed E-state index contributed by atoms with van der Waals surface area (Å²) in [4.78, 5) is 12.3. The largest absolute Gasteiger partial charge is 0.586 e. The van der Waals surface area contributed by atoms with E-state index in [0.717, 1.165) is 0 Å². The summed E-state index contributed by atoms with van der Waals surface area (Å²) in [7, 11) is -3.62. The van der Waals surface area contributed by atoms with Crippen LogP contribution in [0.3, 0.4) is 0 Å². The molecule has 8 nitrogen and oxygen atoms in total. The quantitative estimate of drug-likeness (QED) is 0.654. The molecule has 1 aliphatic heterocycles. The maximum Gasteiger partial charge on any atom is 0.586 e. The van der Waals surface area contributed by atoms with E-state index in [0.29, 0.717) is 18.8 Å². The molecule has 1 amide bonds. The Morgan fingerprint density at radius 1 is 1.03 bits per heavy atom. The van der Waals surface area contributed by atoms with Crippen molar-refractivity contribution in [3.05, 3.63) is 42.5 Å². The zero-order valence-corrected chi connectivity index (χ0v) is 17.1. The topological polar surface area (TPSA) is 97.0 Å². The third-order valence-electron chi connectivity index (χ3n) is 4.32. The number of fused-ring (bicyclic) bond motifs is 1. The maximum absolute atomic E-state index is 13.1. The molecule has 0 atom stereocenters. The number of rotatable bonds is 8. The third-order valence-corrected chi connectivity index (χ3v) is 6.36. The number of amides is 1. The Balaban J connectivity index is 1.62. The van der Waals surface area contributed by atoms with Crippen LogP contribution in [0.4, 0.5) is 20.2 Å². The van der Waals surface area contributed by atoms with Crippen LogP contribution in [0.1, 0.15) is 13.8 Å².